The SMILES string of the molecule is CN(C)C(=O)Cn1cc(C(=O)NCC(N2CCNCC2)C(F)(F)F)nn1.Cl. The van der Waals surface area contributed by atoms with Gasteiger partial charge in [0.2, 0.25) is 5.91 Å². The van der Waals surface area contributed by atoms with Crippen molar-refractivity contribution in [2.45, 2.75) is 18.8 Å². The lowest BCUT2D eigenvalue weighted by Gasteiger charge is -2.35. The van der Waals surface area contributed by atoms with E-state index in [4.69, 9.17) is 0 Å². The highest BCUT2D eigenvalue weighted by Crippen LogP contribution is 2.24. The summed E-state index contributed by atoms with van der Waals surface area (Å²) in [4.78, 5) is 26.3. The Kier molecular flexibility index (Phi) is 8.44. The normalized spacial score (nSPS) is 16.3. The Labute approximate surface area is 160 Å². The molecule has 0 spiro atoms. The number of nitrogens with one attached hydrogen (secondary N) is 2. The standard InChI is InChI=1S/C14H22F3N7O2.ClH/c1-22(2)12(25)9-24-8-10(20-21-24)13(26)19-7-11(14(15,16)17)23-5-3-18-4-6-23;/h8,11,18H,3-7,9H2,1-2H3,(H,19,26);1H. The maximum atomic E-state index is 13.3. The van der Waals surface area contributed by atoms with E-state index in [0.717, 1.165) is 4.68 Å². The van der Waals surface area contributed by atoms with E-state index in [-0.39, 0.29) is 43.6 Å². The van der Waals surface area contributed by atoms with E-state index in [9.17, 15) is 22.8 Å². The molecule has 1 aliphatic heterocycles. The molecule has 0 bridgehead atoms. The van der Waals surface area contributed by atoms with Gasteiger partial charge in [0.05, 0.1) is 6.20 Å². The zero-order valence-corrected chi connectivity index (χ0v) is 15.8. The third-order valence-corrected chi connectivity index (χ3v) is 3.99. The van der Waals surface area contributed by atoms with E-state index in [1.54, 1.807) is 14.1 Å². The van der Waals surface area contributed by atoms with Gasteiger partial charge >= 0.3 is 6.18 Å². The number of rotatable bonds is 6. The summed E-state index contributed by atoms with van der Waals surface area (Å²) in [5.74, 6) is -1.02. The molecule has 1 aromatic rings. The van der Waals surface area contributed by atoms with Crippen molar-refractivity contribution in [1.29, 1.82) is 0 Å². The number of halogens is 4. The van der Waals surface area contributed by atoms with Crippen LogP contribution in [0.4, 0.5) is 13.2 Å². The average molecular weight is 414 g/mol. The van der Waals surface area contributed by atoms with Gasteiger partial charge in [0.15, 0.2) is 5.69 Å². The Balaban J connectivity index is 0.00000364. The summed E-state index contributed by atoms with van der Waals surface area (Å²) >= 11 is 0. The van der Waals surface area contributed by atoms with Crippen LogP contribution in [0.3, 0.4) is 0 Å². The number of piperazine rings is 1. The Bertz CT molecular complexity index is 632. The molecular formula is C14H23ClF3N7O2. The largest absolute Gasteiger partial charge is 0.405 e. The monoisotopic (exact) mass is 413 g/mol. The number of hydrogen-bond acceptors (Lipinski definition) is 6. The number of carbonyl (C=O) groups is 2. The Morgan fingerprint density at radius 3 is 2.52 bits per heavy atom. The van der Waals surface area contributed by atoms with E-state index in [1.165, 1.54) is 16.0 Å². The third kappa shape index (κ3) is 6.63. The predicted octanol–water partition coefficient (Wildman–Crippen LogP) is -0.646. The van der Waals surface area contributed by atoms with Gasteiger partial charge in [-0.1, -0.05) is 5.21 Å². The van der Waals surface area contributed by atoms with E-state index < -0.39 is 24.7 Å². The summed E-state index contributed by atoms with van der Waals surface area (Å²) in [7, 11) is 3.14. The number of nitrogens with zero attached hydrogens (tertiary/aromatic N) is 5. The van der Waals surface area contributed by atoms with Crippen molar-refractivity contribution in [3.05, 3.63) is 11.9 Å². The fourth-order valence-electron chi connectivity index (χ4n) is 2.49. The highest BCUT2D eigenvalue weighted by molar-refractivity contribution is 5.91. The fraction of sp³-hybridized carbons (Fsp3) is 0.714. The number of likely N-dealkylation sites (N-methyl/N-ethyl adjacent to an activating group) is 1. The van der Waals surface area contributed by atoms with Gasteiger partial charge < -0.3 is 15.5 Å². The van der Waals surface area contributed by atoms with Crippen LogP contribution in [-0.4, -0.2) is 95.6 Å². The van der Waals surface area contributed by atoms with Gasteiger partial charge in [-0.05, 0) is 0 Å². The second kappa shape index (κ2) is 9.85. The molecule has 0 aromatic carbocycles. The van der Waals surface area contributed by atoms with Crippen LogP contribution in [0, 0.1) is 0 Å². The number of carbonyl (C=O) groups excluding carboxylic acids is 2. The number of hydrogen-bond donors (Lipinski definition) is 2. The highest BCUT2D eigenvalue weighted by atomic mass is 35.5. The minimum absolute atomic E-state index is 0. The molecule has 1 fully saturated rings. The Morgan fingerprint density at radius 1 is 1.33 bits per heavy atom. The molecule has 2 heterocycles. The van der Waals surface area contributed by atoms with Crippen LogP contribution in [0.15, 0.2) is 6.20 Å². The summed E-state index contributed by atoms with van der Waals surface area (Å²) in [6.45, 7) is 0.750. The molecule has 0 aliphatic carbocycles. The molecule has 1 unspecified atom stereocenters. The molecule has 9 nitrogen and oxygen atoms in total. The smallest absolute Gasteiger partial charge is 0.349 e. The van der Waals surface area contributed by atoms with Crippen molar-refractivity contribution in [1.82, 2.24) is 35.4 Å². The van der Waals surface area contributed by atoms with Gasteiger partial charge in [-0.2, -0.15) is 13.2 Å². The number of amides is 2. The Hall–Kier alpha value is -1.92. The molecule has 0 radical (unpaired) electrons. The first-order valence-corrected chi connectivity index (χ1v) is 8.08. The van der Waals surface area contributed by atoms with Crippen molar-refractivity contribution >= 4 is 24.2 Å². The van der Waals surface area contributed by atoms with Crippen LogP contribution < -0.4 is 10.6 Å². The first-order valence-electron chi connectivity index (χ1n) is 8.08. The summed E-state index contributed by atoms with van der Waals surface area (Å²) in [5.41, 5.74) is -0.141. The number of alkyl halides is 3. The van der Waals surface area contributed by atoms with Crippen molar-refractivity contribution in [3.8, 4) is 0 Å². The summed E-state index contributed by atoms with van der Waals surface area (Å²) < 4.78 is 41.0. The van der Waals surface area contributed by atoms with E-state index in [0.29, 0.717) is 13.1 Å². The van der Waals surface area contributed by atoms with Crippen LogP contribution in [0.5, 0.6) is 0 Å². The van der Waals surface area contributed by atoms with Crippen molar-refractivity contribution in [3.63, 3.8) is 0 Å². The zero-order valence-electron chi connectivity index (χ0n) is 15.0. The lowest BCUT2D eigenvalue weighted by atomic mass is 10.2. The van der Waals surface area contributed by atoms with E-state index in [1.807, 2.05) is 0 Å². The average Bonchev–Trinajstić information content (AvgIpc) is 3.03. The minimum atomic E-state index is -4.46. The second-order valence-corrected chi connectivity index (χ2v) is 6.14. The molecule has 154 valence electrons. The van der Waals surface area contributed by atoms with Gasteiger partial charge in [-0.25, -0.2) is 4.68 Å². The zero-order chi connectivity index (χ0) is 19.3. The molecule has 2 amide bonds. The van der Waals surface area contributed by atoms with Gasteiger partial charge in [-0.15, -0.1) is 17.5 Å². The van der Waals surface area contributed by atoms with Crippen LogP contribution in [-0.2, 0) is 11.3 Å². The number of aromatic nitrogens is 3. The molecule has 27 heavy (non-hydrogen) atoms. The molecule has 0 saturated carbocycles. The first-order chi connectivity index (χ1) is 12.2. The maximum absolute atomic E-state index is 13.3. The van der Waals surface area contributed by atoms with Gasteiger partial charge in [-0.3, -0.25) is 14.5 Å². The predicted molar refractivity (Wildman–Crippen MR) is 92.6 cm³/mol. The molecule has 2 N–H and O–H groups in total. The molecule has 1 atom stereocenters. The van der Waals surface area contributed by atoms with Gasteiger partial charge in [0.1, 0.15) is 12.6 Å². The van der Waals surface area contributed by atoms with E-state index in [2.05, 4.69) is 20.9 Å². The lowest BCUT2D eigenvalue weighted by Crippen LogP contribution is -2.57. The summed E-state index contributed by atoms with van der Waals surface area (Å²) in [6, 6.07) is -1.76. The van der Waals surface area contributed by atoms with E-state index >= 15 is 0 Å². The van der Waals surface area contributed by atoms with Crippen LogP contribution in [0.25, 0.3) is 0 Å². The fourth-order valence-corrected chi connectivity index (χ4v) is 2.49. The Morgan fingerprint density at radius 2 is 1.96 bits per heavy atom. The summed E-state index contributed by atoms with van der Waals surface area (Å²) in [6.07, 6.45) is -3.23. The van der Waals surface area contributed by atoms with Crippen molar-refractivity contribution in [2.75, 3.05) is 46.8 Å². The maximum Gasteiger partial charge on any atom is 0.405 e. The molecule has 2 rings (SSSR count). The van der Waals surface area contributed by atoms with Crippen LogP contribution in [0.2, 0.25) is 0 Å². The van der Waals surface area contributed by atoms with Crippen LogP contribution >= 0.6 is 12.4 Å². The van der Waals surface area contributed by atoms with Gasteiger partial charge in [0, 0.05) is 46.8 Å². The highest BCUT2D eigenvalue weighted by Gasteiger charge is 2.43. The lowest BCUT2D eigenvalue weighted by molar-refractivity contribution is -0.183. The third-order valence-electron chi connectivity index (χ3n) is 3.99. The molecule has 13 heteroatoms. The molecule has 1 saturated heterocycles. The minimum Gasteiger partial charge on any atom is -0.349 e. The van der Waals surface area contributed by atoms with Crippen LogP contribution in [0.1, 0.15) is 10.5 Å². The molecular weight excluding hydrogens is 391 g/mol. The first kappa shape index (κ1) is 23.1. The second-order valence-electron chi connectivity index (χ2n) is 6.14. The van der Waals surface area contributed by atoms with Gasteiger partial charge in [0.25, 0.3) is 5.91 Å². The van der Waals surface area contributed by atoms with Crippen molar-refractivity contribution in [2.24, 2.45) is 0 Å². The van der Waals surface area contributed by atoms with Crippen molar-refractivity contribution < 1.29 is 22.8 Å². The molecule has 1 aliphatic rings. The quantitative estimate of drug-likeness (QED) is 0.644. The summed E-state index contributed by atoms with van der Waals surface area (Å²) in [5, 5.41) is 12.5. The topological polar surface area (TPSA) is 95.4 Å². The molecule has 1 aromatic heterocycles.